The van der Waals surface area contributed by atoms with Gasteiger partial charge in [0.15, 0.2) is 0 Å². The van der Waals surface area contributed by atoms with Gasteiger partial charge in [0.2, 0.25) is 0 Å². The van der Waals surface area contributed by atoms with Gasteiger partial charge in [-0.15, -0.1) is 11.3 Å². The predicted octanol–water partition coefficient (Wildman–Crippen LogP) is 3.67. The molecule has 1 amide bonds. The molecule has 1 atom stereocenters. The number of thiophene rings is 1. The van der Waals surface area contributed by atoms with Gasteiger partial charge >= 0.3 is 5.97 Å². The molecule has 5 nitrogen and oxygen atoms in total. The minimum absolute atomic E-state index is 0.0705. The smallest absolute Gasteiger partial charge is 0.308 e. The molecule has 2 aromatic rings. The van der Waals surface area contributed by atoms with Crippen LogP contribution in [0.25, 0.3) is 11.1 Å². The second kappa shape index (κ2) is 7.27. The summed E-state index contributed by atoms with van der Waals surface area (Å²) < 4.78 is 5.18. The second-order valence-corrected chi connectivity index (χ2v) is 7.49. The summed E-state index contributed by atoms with van der Waals surface area (Å²) in [5.74, 6) is -0.557. The summed E-state index contributed by atoms with van der Waals surface area (Å²) >= 11 is 1.46. The summed E-state index contributed by atoms with van der Waals surface area (Å²) in [7, 11) is 1.63. The van der Waals surface area contributed by atoms with Crippen molar-refractivity contribution in [2.45, 2.75) is 19.8 Å². The number of carbonyl (C=O) groups is 2. The van der Waals surface area contributed by atoms with Crippen LogP contribution in [-0.2, 0) is 4.79 Å². The van der Waals surface area contributed by atoms with Crippen molar-refractivity contribution in [3.63, 3.8) is 0 Å². The van der Waals surface area contributed by atoms with Crippen LogP contribution < -0.4 is 4.74 Å². The number of benzene rings is 1. The first-order chi connectivity index (χ1) is 12.0. The van der Waals surface area contributed by atoms with Crippen LogP contribution in [0.1, 0.15) is 27.4 Å². The van der Waals surface area contributed by atoms with Crippen molar-refractivity contribution in [2.24, 2.45) is 5.92 Å². The van der Waals surface area contributed by atoms with Crippen LogP contribution in [0.4, 0.5) is 0 Å². The van der Waals surface area contributed by atoms with Crippen molar-refractivity contribution in [1.82, 2.24) is 4.90 Å². The molecule has 0 saturated carbocycles. The van der Waals surface area contributed by atoms with Crippen LogP contribution in [0, 0.1) is 12.8 Å². The number of carboxylic acid groups (broad SMARTS) is 1. The Labute approximate surface area is 150 Å². The van der Waals surface area contributed by atoms with E-state index in [9.17, 15) is 14.7 Å². The van der Waals surface area contributed by atoms with Crippen molar-refractivity contribution in [3.8, 4) is 16.9 Å². The molecule has 0 radical (unpaired) electrons. The van der Waals surface area contributed by atoms with E-state index in [0.717, 1.165) is 28.2 Å². The Hall–Kier alpha value is -2.34. The minimum atomic E-state index is -0.821. The summed E-state index contributed by atoms with van der Waals surface area (Å²) in [4.78, 5) is 27.4. The maximum absolute atomic E-state index is 12.8. The Morgan fingerprint density at radius 1 is 1.28 bits per heavy atom. The van der Waals surface area contributed by atoms with Crippen molar-refractivity contribution in [2.75, 3.05) is 20.2 Å². The first kappa shape index (κ1) is 17.5. The lowest BCUT2D eigenvalue weighted by Gasteiger charge is -2.30. The quantitative estimate of drug-likeness (QED) is 0.904. The molecule has 25 heavy (non-hydrogen) atoms. The molecule has 1 aliphatic rings. The molecular weight excluding hydrogens is 338 g/mol. The van der Waals surface area contributed by atoms with E-state index in [2.05, 4.69) is 0 Å². The Kier molecular flexibility index (Phi) is 5.08. The van der Waals surface area contributed by atoms with E-state index in [1.807, 2.05) is 37.3 Å². The lowest BCUT2D eigenvalue weighted by atomic mass is 9.98. The number of methoxy groups -OCH3 is 1. The predicted molar refractivity (Wildman–Crippen MR) is 97.3 cm³/mol. The van der Waals surface area contributed by atoms with E-state index in [1.165, 1.54) is 11.3 Å². The van der Waals surface area contributed by atoms with Crippen LogP contribution in [0.5, 0.6) is 5.75 Å². The highest BCUT2D eigenvalue weighted by Crippen LogP contribution is 2.33. The Bertz CT molecular complexity index is 781. The number of carboxylic acids is 1. The zero-order chi connectivity index (χ0) is 18.0. The normalized spacial score (nSPS) is 17.4. The van der Waals surface area contributed by atoms with Crippen LogP contribution in [0.2, 0.25) is 0 Å². The van der Waals surface area contributed by atoms with E-state index in [4.69, 9.17) is 4.74 Å². The zero-order valence-electron chi connectivity index (χ0n) is 14.3. The number of ether oxygens (including phenoxy) is 1. The standard InChI is InChI=1S/C19H21NO4S/c1-12-16(13-5-7-15(24-2)8-6-13)10-17(25-12)18(21)20-9-3-4-14(11-20)19(22)23/h5-8,10,14H,3-4,9,11H2,1-2H3,(H,22,23)/t14-/m0/s1. The van der Waals surface area contributed by atoms with Crippen LogP contribution in [-0.4, -0.2) is 42.1 Å². The van der Waals surface area contributed by atoms with Gasteiger partial charge in [-0.1, -0.05) is 12.1 Å². The third-order valence-electron chi connectivity index (χ3n) is 4.59. The summed E-state index contributed by atoms with van der Waals surface area (Å²) in [6.07, 6.45) is 1.37. The molecule has 6 heteroatoms. The number of rotatable bonds is 4. The number of aliphatic carboxylic acids is 1. The monoisotopic (exact) mass is 359 g/mol. The van der Waals surface area contributed by atoms with Gasteiger partial charge in [-0.2, -0.15) is 0 Å². The average Bonchev–Trinajstić information content (AvgIpc) is 3.03. The molecular formula is C19H21NO4S. The number of piperidine rings is 1. The molecule has 1 aromatic heterocycles. The fraction of sp³-hybridized carbons (Fsp3) is 0.368. The van der Waals surface area contributed by atoms with Crippen molar-refractivity contribution in [3.05, 3.63) is 40.1 Å². The average molecular weight is 359 g/mol. The van der Waals surface area contributed by atoms with E-state index in [1.54, 1.807) is 12.0 Å². The number of hydrogen-bond acceptors (Lipinski definition) is 4. The molecule has 1 saturated heterocycles. The lowest BCUT2D eigenvalue weighted by Crippen LogP contribution is -2.42. The molecule has 0 spiro atoms. The van der Waals surface area contributed by atoms with Crippen molar-refractivity contribution in [1.29, 1.82) is 0 Å². The fourth-order valence-corrected chi connectivity index (χ4v) is 4.17. The van der Waals surface area contributed by atoms with E-state index >= 15 is 0 Å². The van der Waals surface area contributed by atoms with Gasteiger partial charge < -0.3 is 14.7 Å². The highest BCUT2D eigenvalue weighted by atomic mass is 32.1. The molecule has 1 fully saturated rings. The largest absolute Gasteiger partial charge is 0.497 e. The van der Waals surface area contributed by atoms with Gasteiger partial charge in [-0.25, -0.2) is 0 Å². The SMILES string of the molecule is COc1ccc(-c2cc(C(=O)N3CCC[C@H](C(=O)O)C3)sc2C)cc1. The Balaban J connectivity index is 1.81. The van der Waals surface area contributed by atoms with Crippen LogP contribution in [0.15, 0.2) is 30.3 Å². The Morgan fingerprint density at radius 3 is 2.64 bits per heavy atom. The number of nitrogens with zero attached hydrogens (tertiary/aromatic N) is 1. The van der Waals surface area contributed by atoms with Crippen molar-refractivity contribution >= 4 is 23.2 Å². The van der Waals surface area contributed by atoms with E-state index in [0.29, 0.717) is 24.4 Å². The third-order valence-corrected chi connectivity index (χ3v) is 5.63. The molecule has 1 N–H and O–H groups in total. The van der Waals surface area contributed by atoms with Gasteiger partial charge in [0.1, 0.15) is 5.75 Å². The van der Waals surface area contributed by atoms with E-state index < -0.39 is 11.9 Å². The summed E-state index contributed by atoms with van der Waals surface area (Å²) in [6.45, 7) is 2.91. The summed E-state index contributed by atoms with van der Waals surface area (Å²) in [5.41, 5.74) is 2.07. The van der Waals surface area contributed by atoms with Gasteiger partial charge in [-0.05, 0) is 49.1 Å². The Morgan fingerprint density at radius 2 is 2.00 bits per heavy atom. The molecule has 0 aliphatic carbocycles. The molecule has 2 heterocycles. The number of aryl methyl sites for hydroxylation is 1. The summed E-state index contributed by atoms with van der Waals surface area (Å²) in [5, 5.41) is 9.20. The summed E-state index contributed by atoms with van der Waals surface area (Å²) in [6, 6.07) is 9.66. The molecule has 1 aromatic carbocycles. The minimum Gasteiger partial charge on any atom is -0.497 e. The van der Waals surface area contributed by atoms with Gasteiger partial charge in [0.05, 0.1) is 17.9 Å². The maximum atomic E-state index is 12.8. The van der Waals surface area contributed by atoms with Gasteiger partial charge in [0.25, 0.3) is 5.91 Å². The highest BCUT2D eigenvalue weighted by molar-refractivity contribution is 7.14. The first-order valence-electron chi connectivity index (χ1n) is 8.26. The van der Waals surface area contributed by atoms with Crippen LogP contribution >= 0.6 is 11.3 Å². The molecule has 3 rings (SSSR count). The van der Waals surface area contributed by atoms with Gasteiger partial charge in [-0.3, -0.25) is 9.59 Å². The third kappa shape index (κ3) is 3.69. The fourth-order valence-electron chi connectivity index (χ4n) is 3.16. The second-order valence-electron chi connectivity index (χ2n) is 6.24. The number of hydrogen-bond donors (Lipinski definition) is 1. The highest BCUT2D eigenvalue weighted by Gasteiger charge is 2.29. The van der Waals surface area contributed by atoms with E-state index in [-0.39, 0.29) is 5.91 Å². The number of carbonyl (C=O) groups excluding carboxylic acids is 1. The maximum Gasteiger partial charge on any atom is 0.308 e. The first-order valence-corrected chi connectivity index (χ1v) is 9.08. The molecule has 0 unspecified atom stereocenters. The topological polar surface area (TPSA) is 66.8 Å². The lowest BCUT2D eigenvalue weighted by molar-refractivity contribution is -0.143. The van der Waals surface area contributed by atoms with Crippen molar-refractivity contribution < 1.29 is 19.4 Å². The molecule has 1 aliphatic heterocycles. The van der Waals surface area contributed by atoms with Crippen LogP contribution in [0.3, 0.4) is 0 Å². The number of amides is 1. The molecule has 132 valence electrons. The molecule has 0 bridgehead atoms. The number of likely N-dealkylation sites (tertiary alicyclic amines) is 1. The zero-order valence-corrected chi connectivity index (χ0v) is 15.1. The van der Waals surface area contributed by atoms with Gasteiger partial charge in [0, 0.05) is 18.0 Å².